The molecule has 0 spiro atoms. The van der Waals surface area contributed by atoms with Gasteiger partial charge in [-0.15, -0.1) is 23.7 Å². The Kier molecular flexibility index (Phi) is 6.92. The number of thiophene rings is 1. The van der Waals surface area contributed by atoms with E-state index >= 15 is 0 Å². The van der Waals surface area contributed by atoms with E-state index in [-0.39, 0.29) is 42.1 Å². The predicted molar refractivity (Wildman–Crippen MR) is 126 cm³/mol. The van der Waals surface area contributed by atoms with Crippen LogP contribution in [-0.2, 0) is 21.4 Å². The third-order valence-electron chi connectivity index (χ3n) is 4.97. The second-order valence-electron chi connectivity index (χ2n) is 6.99. The molecule has 11 heteroatoms. The summed E-state index contributed by atoms with van der Waals surface area (Å²) in [5.41, 5.74) is 5.48. The van der Waals surface area contributed by atoms with E-state index in [0.717, 1.165) is 15.6 Å². The van der Waals surface area contributed by atoms with Crippen molar-refractivity contribution in [2.75, 3.05) is 19.6 Å². The number of nitrogens with two attached hydrogens (primary N) is 1. The van der Waals surface area contributed by atoms with Crippen LogP contribution in [0, 0.1) is 5.41 Å². The van der Waals surface area contributed by atoms with Gasteiger partial charge in [-0.3, -0.25) is 10.2 Å². The summed E-state index contributed by atoms with van der Waals surface area (Å²) in [5, 5.41) is 9.68. The molecule has 1 fully saturated rings. The van der Waals surface area contributed by atoms with Gasteiger partial charge in [-0.25, -0.2) is 8.42 Å². The van der Waals surface area contributed by atoms with E-state index in [1.807, 2.05) is 6.07 Å². The summed E-state index contributed by atoms with van der Waals surface area (Å²) >= 11 is 7.35. The molecule has 2 aromatic carbocycles. The molecule has 0 unspecified atom stereocenters. The molecule has 3 aromatic rings. The summed E-state index contributed by atoms with van der Waals surface area (Å²) in [6, 6.07) is 13.7. The molecule has 0 radical (unpaired) electrons. The van der Waals surface area contributed by atoms with Crippen LogP contribution < -0.4 is 5.73 Å². The van der Waals surface area contributed by atoms with Crippen LogP contribution in [0.4, 0.5) is 0 Å². The van der Waals surface area contributed by atoms with Crippen molar-refractivity contribution in [1.82, 2.24) is 9.21 Å². The molecule has 1 aliphatic rings. The number of fused-ring (bicyclic) bond motifs is 1. The highest BCUT2D eigenvalue weighted by Crippen LogP contribution is 2.26. The van der Waals surface area contributed by atoms with Crippen LogP contribution in [0.2, 0.25) is 5.02 Å². The van der Waals surface area contributed by atoms with Crippen molar-refractivity contribution >= 4 is 67.9 Å². The zero-order valence-electron chi connectivity index (χ0n) is 16.2. The van der Waals surface area contributed by atoms with Crippen LogP contribution in [0.1, 0.15) is 9.75 Å². The van der Waals surface area contributed by atoms with Crippen molar-refractivity contribution in [3.63, 3.8) is 0 Å². The molecule has 7 nitrogen and oxygen atoms in total. The van der Waals surface area contributed by atoms with E-state index in [1.165, 1.54) is 15.6 Å². The number of nitrogens with zero attached hydrogens (tertiary/aromatic N) is 2. The number of carbonyl (C=O) groups excluding carboxylic acids is 1. The van der Waals surface area contributed by atoms with Crippen LogP contribution in [0.25, 0.3) is 10.8 Å². The fourth-order valence-electron chi connectivity index (χ4n) is 3.36. The summed E-state index contributed by atoms with van der Waals surface area (Å²) in [6.07, 6.45) is 0. The first-order valence-corrected chi connectivity index (χ1v) is 11.8. The molecular formula is C20H20Cl2N4O3S2. The maximum atomic E-state index is 13.1. The molecular weight excluding hydrogens is 479 g/mol. The minimum Gasteiger partial charge on any atom is -0.383 e. The molecule has 1 aliphatic heterocycles. The molecule has 0 aliphatic carbocycles. The number of amidine groups is 1. The quantitative estimate of drug-likeness (QED) is 0.415. The van der Waals surface area contributed by atoms with Gasteiger partial charge in [0.25, 0.3) is 0 Å². The first kappa shape index (κ1) is 23.5. The van der Waals surface area contributed by atoms with E-state index < -0.39 is 10.0 Å². The van der Waals surface area contributed by atoms with Crippen molar-refractivity contribution in [3.8, 4) is 0 Å². The van der Waals surface area contributed by atoms with E-state index in [9.17, 15) is 13.2 Å². The monoisotopic (exact) mass is 498 g/mol. The molecule has 4 rings (SSSR count). The average Bonchev–Trinajstić information content (AvgIpc) is 3.18. The van der Waals surface area contributed by atoms with Gasteiger partial charge in [0, 0.05) is 23.0 Å². The Labute approximate surface area is 195 Å². The number of sulfonamides is 1. The van der Waals surface area contributed by atoms with E-state index in [2.05, 4.69) is 0 Å². The summed E-state index contributed by atoms with van der Waals surface area (Å²) in [5.74, 6) is -0.263. The largest absolute Gasteiger partial charge is 0.383 e. The number of hydrogen-bond acceptors (Lipinski definition) is 5. The highest BCUT2D eigenvalue weighted by Gasteiger charge is 2.33. The van der Waals surface area contributed by atoms with Gasteiger partial charge in [-0.1, -0.05) is 23.7 Å². The van der Waals surface area contributed by atoms with Crippen molar-refractivity contribution in [3.05, 3.63) is 63.3 Å². The Bertz CT molecular complexity index is 1260. The number of nitrogens with one attached hydrogen (secondary N) is 1. The summed E-state index contributed by atoms with van der Waals surface area (Å²) in [4.78, 5) is 16.0. The zero-order chi connectivity index (χ0) is 21.5. The Morgan fingerprint density at radius 3 is 2.48 bits per heavy atom. The minimum absolute atomic E-state index is 0. The lowest BCUT2D eigenvalue weighted by Gasteiger charge is -2.33. The molecule has 1 aromatic heterocycles. The molecule has 0 atom stereocenters. The number of benzene rings is 2. The van der Waals surface area contributed by atoms with Crippen molar-refractivity contribution < 1.29 is 13.2 Å². The number of nitrogen functional groups attached to an aromatic ring is 1. The summed E-state index contributed by atoms with van der Waals surface area (Å²) < 4.78 is 27.4. The summed E-state index contributed by atoms with van der Waals surface area (Å²) in [7, 11) is -3.79. The van der Waals surface area contributed by atoms with Crippen molar-refractivity contribution in [1.29, 1.82) is 5.41 Å². The van der Waals surface area contributed by atoms with E-state index in [0.29, 0.717) is 23.0 Å². The number of amides is 1. The van der Waals surface area contributed by atoms with Gasteiger partial charge in [-0.05, 0) is 47.2 Å². The minimum atomic E-state index is -3.79. The zero-order valence-corrected chi connectivity index (χ0v) is 19.5. The highest BCUT2D eigenvalue weighted by atomic mass is 35.5. The van der Waals surface area contributed by atoms with Crippen LogP contribution >= 0.6 is 35.3 Å². The maximum absolute atomic E-state index is 13.1. The van der Waals surface area contributed by atoms with Crippen LogP contribution in [0.3, 0.4) is 0 Å². The third kappa shape index (κ3) is 4.86. The molecule has 0 bridgehead atoms. The van der Waals surface area contributed by atoms with Gasteiger partial charge in [0.1, 0.15) is 5.84 Å². The fraction of sp³-hybridized carbons (Fsp3) is 0.200. The standard InChI is InChI=1S/C20H19ClN4O3S2.ClH/c21-15-3-1-14-10-17(5-2-13(14)9-15)30(27,28)25-8-7-24(19(26)12-25)11-16-4-6-18(29-16)20(22)23;/h1-6,9-10H,7-8,11-12H2,(H3,22,23);1H. The van der Waals surface area contributed by atoms with Crippen LogP contribution in [0.15, 0.2) is 53.4 Å². The number of hydrogen-bond donors (Lipinski definition) is 2. The SMILES string of the molecule is Cl.N=C(N)c1ccc(CN2CCN(S(=O)(=O)c3ccc4cc(Cl)ccc4c3)CC2=O)s1. The smallest absolute Gasteiger partial charge is 0.243 e. The second-order valence-corrected chi connectivity index (χ2v) is 10.5. The molecule has 0 saturated carbocycles. The Hall–Kier alpha value is -2.17. The van der Waals surface area contributed by atoms with Gasteiger partial charge >= 0.3 is 0 Å². The van der Waals surface area contributed by atoms with Gasteiger partial charge in [0.05, 0.1) is 22.9 Å². The molecule has 1 amide bonds. The van der Waals surface area contributed by atoms with Gasteiger partial charge in [0.2, 0.25) is 15.9 Å². The predicted octanol–water partition coefficient (Wildman–Crippen LogP) is 3.29. The molecule has 1 saturated heterocycles. The normalized spacial score (nSPS) is 15.1. The van der Waals surface area contributed by atoms with Gasteiger partial charge in [0.15, 0.2) is 0 Å². The highest BCUT2D eigenvalue weighted by molar-refractivity contribution is 7.89. The molecule has 2 heterocycles. The summed E-state index contributed by atoms with van der Waals surface area (Å²) in [6.45, 7) is 0.694. The van der Waals surface area contributed by atoms with Crippen LogP contribution in [-0.4, -0.2) is 49.0 Å². The number of halogens is 2. The van der Waals surface area contributed by atoms with E-state index in [1.54, 1.807) is 47.4 Å². The molecule has 3 N–H and O–H groups in total. The van der Waals surface area contributed by atoms with Crippen LogP contribution in [0.5, 0.6) is 0 Å². The lowest BCUT2D eigenvalue weighted by molar-refractivity contribution is -0.134. The van der Waals surface area contributed by atoms with E-state index in [4.69, 9.17) is 22.7 Å². The Balaban J connectivity index is 0.00000272. The lowest BCUT2D eigenvalue weighted by atomic mass is 10.1. The first-order chi connectivity index (χ1) is 14.2. The number of rotatable bonds is 5. The number of carbonyl (C=O) groups is 1. The Morgan fingerprint density at radius 1 is 1.10 bits per heavy atom. The van der Waals surface area contributed by atoms with Crippen molar-refractivity contribution in [2.45, 2.75) is 11.4 Å². The molecule has 31 heavy (non-hydrogen) atoms. The lowest BCUT2D eigenvalue weighted by Crippen LogP contribution is -2.51. The second kappa shape index (κ2) is 9.13. The van der Waals surface area contributed by atoms with Gasteiger partial charge < -0.3 is 10.6 Å². The van der Waals surface area contributed by atoms with Gasteiger partial charge in [-0.2, -0.15) is 4.31 Å². The fourth-order valence-corrected chi connectivity index (χ4v) is 5.84. The Morgan fingerprint density at radius 2 is 1.81 bits per heavy atom. The average molecular weight is 499 g/mol. The first-order valence-electron chi connectivity index (χ1n) is 9.14. The number of piperazine rings is 1. The third-order valence-corrected chi connectivity index (χ3v) is 8.15. The molecule has 164 valence electrons. The maximum Gasteiger partial charge on any atom is 0.243 e. The topological polar surface area (TPSA) is 108 Å². The van der Waals surface area contributed by atoms with Crippen molar-refractivity contribution in [2.24, 2.45) is 5.73 Å².